The average Bonchev–Trinajstić information content (AvgIpc) is 2.62. The zero-order valence-electron chi connectivity index (χ0n) is 13.0. The molecule has 118 valence electrons. The number of piperidine rings is 1. The van der Waals surface area contributed by atoms with Crippen LogP contribution in [0.4, 0.5) is 0 Å². The number of hydrogen-bond acceptors (Lipinski definition) is 3. The number of carbonyl (C=O) groups excluding carboxylic acids is 2. The van der Waals surface area contributed by atoms with Crippen molar-refractivity contribution in [2.24, 2.45) is 11.8 Å². The standard InChI is InChI=1S/C18H24N2O2/c21-17(16-8-4-5-11-19-16)14-9-12-20(13-10-14)18(22)15-6-2-1-3-7-15/h4-5,8,11,14-15H,1-3,6-7,9-10,12-13H2. The summed E-state index contributed by atoms with van der Waals surface area (Å²) < 4.78 is 0. The van der Waals surface area contributed by atoms with E-state index in [-0.39, 0.29) is 17.6 Å². The van der Waals surface area contributed by atoms with E-state index in [1.807, 2.05) is 17.0 Å². The van der Waals surface area contributed by atoms with Crippen LogP contribution in [0.2, 0.25) is 0 Å². The third-order valence-electron chi connectivity index (χ3n) is 5.05. The lowest BCUT2D eigenvalue weighted by Gasteiger charge is -2.34. The van der Waals surface area contributed by atoms with Crippen molar-refractivity contribution in [2.75, 3.05) is 13.1 Å². The highest BCUT2D eigenvalue weighted by Gasteiger charge is 2.31. The van der Waals surface area contributed by atoms with Gasteiger partial charge in [0.05, 0.1) is 0 Å². The summed E-state index contributed by atoms with van der Waals surface area (Å²) >= 11 is 0. The van der Waals surface area contributed by atoms with Gasteiger partial charge in [-0.2, -0.15) is 0 Å². The van der Waals surface area contributed by atoms with E-state index in [0.29, 0.717) is 11.6 Å². The molecule has 22 heavy (non-hydrogen) atoms. The van der Waals surface area contributed by atoms with E-state index in [0.717, 1.165) is 38.8 Å². The van der Waals surface area contributed by atoms with Crippen molar-refractivity contribution >= 4 is 11.7 Å². The van der Waals surface area contributed by atoms with E-state index in [4.69, 9.17) is 0 Å². The van der Waals surface area contributed by atoms with Gasteiger partial charge in [-0.3, -0.25) is 14.6 Å². The van der Waals surface area contributed by atoms with Gasteiger partial charge in [0.25, 0.3) is 0 Å². The van der Waals surface area contributed by atoms with Crippen LogP contribution in [0.5, 0.6) is 0 Å². The Balaban J connectivity index is 1.54. The van der Waals surface area contributed by atoms with Gasteiger partial charge in [-0.15, -0.1) is 0 Å². The molecule has 1 aliphatic carbocycles. The second-order valence-electron chi connectivity index (χ2n) is 6.51. The van der Waals surface area contributed by atoms with Crippen LogP contribution >= 0.6 is 0 Å². The molecule has 0 N–H and O–H groups in total. The first-order valence-electron chi connectivity index (χ1n) is 8.50. The molecule has 4 heteroatoms. The maximum Gasteiger partial charge on any atom is 0.225 e. The molecule has 4 nitrogen and oxygen atoms in total. The van der Waals surface area contributed by atoms with E-state index in [1.165, 1.54) is 19.3 Å². The number of aromatic nitrogens is 1. The van der Waals surface area contributed by atoms with Crippen LogP contribution in [0.1, 0.15) is 55.4 Å². The first-order chi connectivity index (χ1) is 10.8. The lowest BCUT2D eigenvalue weighted by Crippen LogP contribution is -2.43. The zero-order chi connectivity index (χ0) is 15.4. The highest BCUT2D eigenvalue weighted by atomic mass is 16.2. The Morgan fingerprint density at radius 2 is 1.68 bits per heavy atom. The Kier molecular flexibility index (Phi) is 4.86. The Morgan fingerprint density at radius 1 is 0.955 bits per heavy atom. The van der Waals surface area contributed by atoms with Gasteiger partial charge in [-0.1, -0.05) is 25.3 Å². The molecule has 2 aliphatic rings. The van der Waals surface area contributed by atoms with Crippen molar-refractivity contribution in [2.45, 2.75) is 44.9 Å². The minimum absolute atomic E-state index is 0.0188. The molecule has 0 bridgehead atoms. The van der Waals surface area contributed by atoms with E-state index < -0.39 is 0 Å². The normalized spacial score (nSPS) is 20.8. The number of likely N-dealkylation sites (tertiary alicyclic amines) is 1. The Labute approximate surface area is 131 Å². The van der Waals surface area contributed by atoms with Crippen LogP contribution < -0.4 is 0 Å². The van der Waals surface area contributed by atoms with E-state index in [1.54, 1.807) is 12.3 Å². The summed E-state index contributed by atoms with van der Waals surface area (Å²) in [4.78, 5) is 31.1. The smallest absolute Gasteiger partial charge is 0.225 e. The van der Waals surface area contributed by atoms with Gasteiger partial charge in [-0.25, -0.2) is 0 Å². The number of carbonyl (C=O) groups is 2. The number of hydrogen-bond donors (Lipinski definition) is 0. The lowest BCUT2D eigenvalue weighted by atomic mass is 9.86. The van der Waals surface area contributed by atoms with Crippen molar-refractivity contribution in [3.63, 3.8) is 0 Å². The summed E-state index contributed by atoms with van der Waals surface area (Å²) in [5.74, 6) is 0.705. The first-order valence-corrected chi connectivity index (χ1v) is 8.50. The molecular formula is C18H24N2O2. The second kappa shape index (κ2) is 7.03. The summed E-state index contributed by atoms with van der Waals surface area (Å²) in [5.41, 5.74) is 0.555. The van der Waals surface area contributed by atoms with Crippen molar-refractivity contribution < 1.29 is 9.59 Å². The SMILES string of the molecule is O=C(c1ccccn1)C1CCN(C(=O)C2CCCCC2)CC1. The molecule has 1 saturated carbocycles. The topological polar surface area (TPSA) is 50.3 Å². The molecule has 1 aromatic rings. The van der Waals surface area contributed by atoms with Crippen LogP contribution in [0.3, 0.4) is 0 Å². The van der Waals surface area contributed by atoms with Gasteiger partial charge in [0.2, 0.25) is 5.91 Å². The minimum Gasteiger partial charge on any atom is -0.342 e. The summed E-state index contributed by atoms with van der Waals surface area (Å²) in [7, 11) is 0. The average molecular weight is 300 g/mol. The molecular weight excluding hydrogens is 276 g/mol. The second-order valence-corrected chi connectivity index (χ2v) is 6.51. The Morgan fingerprint density at radius 3 is 2.32 bits per heavy atom. The number of pyridine rings is 1. The predicted molar refractivity (Wildman–Crippen MR) is 84.4 cm³/mol. The summed E-state index contributed by atoms with van der Waals surface area (Å²) in [6, 6.07) is 5.45. The number of ketones is 1. The largest absolute Gasteiger partial charge is 0.342 e. The number of amides is 1. The molecule has 3 rings (SSSR count). The maximum atomic E-state index is 12.5. The third kappa shape index (κ3) is 3.37. The molecule has 0 spiro atoms. The zero-order valence-corrected chi connectivity index (χ0v) is 13.0. The van der Waals surface area contributed by atoms with Gasteiger partial charge < -0.3 is 4.90 Å². The van der Waals surface area contributed by atoms with Crippen LogP contribution in [-0.2, 0) is 4.79 Å². The van der Waals surface area contributed by atoms with Crippen LogP contribution in [0.25, 0.3) is 0 Å². The van der Waals surface area contributed by atoms with Crippen LogP contribution in [0.15, 0.2) is 24.4 Å². The maximum absolute atomic E-state index is 12.5. The van der Waals surface area contributed by atoms with Crippen molar-refractivity contribution in [3.8, 4) is 0 Å². The highest BCUT2D eigenvalue weighted by Crippen LogP contribution is 2.28. The van der Waals surface area contributed by atoms with Crippen LogP contribution in [0, 0.1) is 11.8 Å². The quantitative estimate of drug-likeness (QED) is 0.806. The van der Waals surface area contributed by atoms with Crippen molar-refractivity contribution in [3.05, 3.63) is 30.1 Å². The molecule has 1 saturated heterocycles. The fraction of sp³-hybridized carbons (Fsp3) is 0.611. The first kappa shape index (κ1) is 15.2. The van der Waals surface area contributed by atoms with Gasteiger partial charge in [0.1, 0.15) is 5.69 Å². The Bertz CT molecular complexity index is 515. The fourth-order valence-corrected chi connectivity index (χ4v) is 3.69. The fourth-order valence-electron chi connectivity index (χ4n) is 3.69. The summed E-state index contributed by atoms with van der Waals surface area (Å²) in [6.45, 7) is 1.44. The van der Waals surface area contributed by atoms with E-state index in [2.05, 4.69) is 4.98 Å². The molecule has 1 aliphatic heterocycles. The highest BCUT2D eigenvalue weighted by molar-refractivity contribution is 5.96. The molecule has 2 fully saturated rings. The number of nitrogens with zero attached hydrogens (tertiary/aromatic N) is 2. The number of rotatable bonds is 3. The van der Waals surface area contributed by atoms with Gasteiger partial charge in [-0.05, 0) is 37.8 Å². The van der Waals surface area contributed by atoms with Crippen LogP contribution in [-0.4, -0.2) is 34.7 Å². The van der Waals surface area contributed by atoms with E-state index in [9.17, 15) is 9.59 Å². The summed E-state index contributed by atoms with van der Waals surface area (Å²) in [6.07, 6.45) is 8.94. The molecule has 1 aromatic heterocycles. The minimum atomic E-state index is 0.0188. The molecule has 0 unspecified atom stereocenters. The predicted octanol–water partition coefficient (Wildman–Crippen LogP) is 3.08. The van der Waals surface area contributed by atoms with Crippen molar-refractivity contribution in [1.29, 1.82) is 0 Å². The lowest BCUT2D eigenvalue weighted by molar-refractivity contribution is -0.137. The van der Waals surface area contributed by atoms with Gasteiger partial charge >= 0.3 is 0 Å². The van der Waals surface area contributed by atoms with E-state index >= 15 is 0 Å². The summed E-state index contributed by atoms with van der Waals surface area (Å²) in [5, 5.41) is 0. The molecule has 2 heterocycles. The van der Waals surface area contributed by atoms with Crippen molar-refractivity contribution in [1.82, 2.24) is 9.88 Å². The molecule has 0 radical (unpaired) electrons. The number of Topliss-reactive ketones (excluding diaryl/α,β-unsaturated/α-hetero) is 1. The Hall–Kier alpha value is -1.71. The van der Waals surface area contributed by atoms with Gasteiger partial charge in [0.15, 0.2) is 5.78 Å². The third-order valence-corrected chi connectivity index (χ3v) is 5.05. The monoisotopic (exact) mass is 300 g/mol. The molecule has 0 atom stereocenters. The molecule has 1 amide bonds. The molecule has 0 aromatic carbocycles. The van der Waals surface area contributed by atoms with Gasteiger partial charge in [0, 0.05) is 31.1 Å².